The number of amides is 2. The maximum absolute atomic E-state index is 13.2. The molecule has 0 N–H and O–H groups in total. The van der Waals surface area contributed by atoms with Crippen LogP contribution in [0.1, 0.15) is 12.0 Å². The highest BCUT2D eigenvalue weighted by molar-refractivity contribution is 6.22. The van der Waals surface area contributed by atoms with Crippen molar-refractivity contribution in [3.8, 4) is 11.5 Å². The molecule has 2 fully saturated rings. The molecule has 7 nitrogen and oxygen atoms in total. The van der Waals surface area contributed by atoms with E-state index in [-0.39, 0.29) is 25.0 Å². The molecule has 8 heteroatoms. The molecule has 0 aliphatic carbocycles. The molecule has 0 aromatic heterocycles. The van der Waals surface area contributed by atoms with E-state index in [4.69, 9.17) is 9.47 Å². The third kappa shape index (κ3) is 3.53. The molecule has 0 spiro atoms. The van der Waals surface area contributed by atoms with Gasteiger partial charge in [-0.1, -0.05) is 6.07 Å². The van der Waals surface area contributed by atoms with Gasteiger partial charge in [-0.2, -0.15) is 0 Å². The van der Waals surface area contributed by atoms with Crippen LogP contribution in [-0.4, -0.2) is 60.6 Å². The fourth-order valence-corrected chi connectivity index (χ4v) is 4.29. The molecule has 0 radical (unpaired) electrons. The lowest BCUT2D eigenvalue weighted by Crippen LogP contribution is -2.52. The van der Waals surface area contributed by atoms with E-state index in [1.165, 1.54) is 29.2 Å². The maximum Gasteiger partial charge on any atom is 0.251 e. The minimum absolute atomic E-state index is 0.165. The first-order chi connectivity index (χ1) is 14.6. The van der Waals surface area contributed by atoms with E-state index in [0.717, 1.165) is 36.7 Å². The van der Waals surface area contributed by atoms with Crippen molar-refractivity contribution in [1.29, 1.82) is 0 Å². The Morgan fingerprint density at radius 3 is 2.43 bits per heavy atom. The maximum atomic E-state index is 13.2. The molecule has 0 saturated carbocycles. The third-order valence-electron chi connectivity index (χ3n) is 5.90. The standard InChI is InChI=1S/C22H22FN3O4/c23-16-2-4-17(5-3-16)26-21(27)12-18(22(26)28)25-9-7-24(8-10-25)13-15-1-6-19-20(11-15)30-14-29-19/h1-6,11,18H,7-10,12-14H2. The third-order valence-corrected chi connectivity index (χ3v) is 5.90. The van der Waals surface area contributed by atoms with Crippen molar-refractivity contribution < 1.29 is 23.5 Å². The van der Waals surface area contributed by atoms with E-state index in [1.54, 1.807) is 0 Å². The second-order valence-corrected chi connectivity index (χ2v) is 7.76. The van der Waals surface area contributed by atoms with Crippen molar-refractivity contribution >= 4 is 17.5 Å². The van der Waals surface area contributed by atoms with E-state index in [9.17, 15) is 14.0 Å². The van der Waals surface area contributed by atoms with Crippen LogP contribution < -0.4 is 14.4 Å². The van der Waals surface area contributed by atoms with Crippen LogP contribution in [-0.2, 0) is 16.1 Å². The number of nitrogens with zero attached hydrogens (tertiary/aromatic N) is 3. The van der Waals surface area contributed by atoms with Gasteiger partial charge in [-0.15, -0.1) is 0 Å². The van der Waals surface area contributed by atoms with E-state index in [1.807, 2.05) is 18.2 Å². The normalized spacial score (nSPS) is 22.2. The van der Waals surface area contributed by atoms with Gasteiger partial charge in [0.25, 0.3) is 5.91 Å². The lowest BCUT2D eigenvalue weighted by atomic mass is 10.1. The Morgan fingerprint density at radius 2 is 1.67 bits per heavy atom. The van der Waals surface area contributed by atoms with Crippen LogP contribution in [0.25, 0.3) is 0 Å². The van der Waals surface area contributed by atoms with Crippen LogP contribution in [0.2, 0.25) is 0 Å². The number of carbonyl (C=O) groups excluding carboxylic acids is 2. The Balaban J connectivity index is 1.20. The summed E-state index contributed by atoms with van der Waals surface area (Å²) in [6.07, 6.45) is 0.165. The Hall–Kier alpha value is -2.97. The fraction of sp³-hybridized carbons (Fsp3) is 0.364. The minimum Gasteiger partial charge on any atom is -0.454 e. The van der Waals surface area contributed by atoms with Crippen molar-refractivity contribution in [3.63, 3.8) is 0 Å². The molecule has 2 aromatic carbocycles. The zero-order chi connectivity index (χ0) is 20.7. The lowest BCUT2D eigenvalue weighted by Gasteiger charge is -2.37. The van der Waals surface area contributed by atoms with Gasteiger partial charge in [0.2, 0.25) is 12.7 Å². The second kappa shape index (κ2) is 7.70. The molecule has 2 aromatic rings. The van der Waals surface area contributed by atoms with E-state index in [2.05, 4.69) is 9.80 Å². The van der Waals surface area contributed by atoms with Gasteiger partial charge >= 0.3 is 0 Å². The van der Waals surface area contributed by atoms with Crippen molar-refractivity contribution in [2.45, 2.75) is 19.0 Å². The number of ether oxygens (including phenoxy) is 2. The number of hydrogen-bond acceptors (Lipinski definition) is 6. The summed E-state index contributed by atoms with van der Waals surface area (Å²) in [5, 5.41) is 0. The number of hydrogen-bond donors (Lipinski definition) is 0. The van der Waals surface area contributed by atoms with E-state index < -0.39 is 11.9 Å². The molecule has 30 heavy (non-hydrogen) atoms. The number of piperazine rings is 1. The largest absolute Gasteiger partial charge is 0.454 e. The molecule has 1 unspecified atom stereocenters. The van der Waals surface area contributed by atoms with Crippen molar-refractivity contribution in [2.24, 2.45) is 0 Å². The smallest absolute Gasteiger partial charge is 0.251 e. The van der Waals surface area contributed by atoms with Gasteiger partial charge in [0.05, 0.1) is 18.2 Å². The SMILES string of the molecule is O=C1CC(N2CCN(Cc3ccc4c(c3)OCO4)CC2)C(=O)N1c1ccc(F)cc1. The van der Waals surface area contributed by atoms with Crippen LogP contribution in [0.15, 0.2) is 42.5 Å². The molecule has 1 atom stereocenters. The Bertz CT molecular complexity index is 973. The van der Waals surface area contributed by atoms with E-state index >= 15 is 0 Å². The highest BCUT2D eigenvalue weighted by Gasteiger charge is 2.43. The van der Waals surface area contributed by atoms with Gasteiger partial charge in [0.1, 0.15) is 5.82 Å². The number of rotatable bonds is 4. The molecule has 0 bridgehead atoms. The van der Waals surface area contributed by atoms with Gasteiger partial charge in [-0.05, 0) is 42.0 Å². The second-order valence-electron chi connectivity index (χ2n) is 7.76. The predicted molar refractivity (Wildman–Crippen MR) is 107 cm³/mol. The summed E-state index contributed by atoms with van der Waals surface area (Å²) in [6, 6.07) is 11.0. The van der Waals surface area contributed by atoms with Crippen molar-refractivity contribution in [3.05, 3.63) is 53.8 Å². The lowest BCUT2D eigenvalue weighted by molar-refractivity contribution is -0.123. The number of imide groups is 1. The van der Waals surface area contributed by atoms with Gasteiger partial charge in [-0.25, -0.2) is 9.29 Å². The molecule has 3 aliphatic rings. The Morgan fingerprint density at radius 1 is 0.933 bits per heavy atom. The molecular weight excluding hydrogens is 389 g/mol. The quantitative estimate of drug-likeness (QED) is 0.718. The summed E-state index contributed by atoms with van der Waals surface area (Å²) in [4.78, 5) is 31.0. The number of fused-ring (bicyclic) bond motifs is 1. The van der Waals surface area contributed by atoms with E-state index in [0.29, 0.717) is 18.8 Å². The summed E-state index contributed by atoms with van der Waals surface area (Å²) >= 11 is 0. The van der Waals surface area contributed by atoms with Gasteiger partial charge in [0, 0.05) is 32.7 Å². The minimum atomic E-state index is -0.449. The van der Waals surface area contributed by atoms with Crippen LogP contribution >= 0.6 is 0 Å². The number of carbonyl (C=O) groups is 2. The number of anilines is 1. The fourth-order valence-electron chi connectivity index (χ4n) is 4.29. The summed E-state index contributed by atoms with van der Waals surface area (Å²) in [5.41, 5.74) is 1.58. The monoisotopic (exact) mass is 411 g/mol. The zero-order valence-electron chi connectivity index (χ0n) is 16.4. The van der Waals surface area contributed by atoms with Crippen molar-refractivity contribution in [2.75, 3.05) is 37.9 Å². The predicted octanol–water partition coefficient (Wildman–Crippen LogP) is 2.00. The van der Waals surface area contributed by atoms with Gasteiger partial charge < -0.3 is 9.47 Å². The zero-order valence-corrected chi connectivity index (χ0v) is 16.4. The molecule has 5 rings (SSSR count). The molecular formula is C22H22FN3O4. The summed E-state index contributed by atoms with van der Waals surface area (Å²) in [7, 11) is 0. The number of benzene rings is 2. The number of halogens is 1. The average molecular weight is 411 g/mol. The van der Waals surface area contributed by atoms with Crippen molar-refractivity contribution in [1.82, 2.24) is 9.80 Å². The molecule has 3 aliphatic heterocycles. The Labute approximate surface area is 173 Å². The first kappa shape index (κ1) is 19.0. The highest BCUT2D eigenvalue weighted by Crippen LogP contribution is 2.33. The Kier molecular flexibility index (Phi) is 4.88. The topological polar surface area (TPSA) is 62.3 Å². The van der Waals surface area contributed by atoms with Crippen LogP contribution in [0.4, 0.5) is 10.1 Å². The average Bonchev–Trinajstić information content (AvgIpc) is 3.33. The molecule has 156 valence electrons. The molecule has 3 heterocycles. The van der Waals surface area contributed by atoms with Gasteiger partial charge in [-0.3, -0.25) is 19.4 Å². The van der Waals surface area contributed by atoms with Crippen LogP contribution in [0.5, 0.6) is 11.5 Å². The first-order valence-electron chi connectivity index (χ1n) is 10.1. The van der Waals surface area contributed by atoms with Gasteiger partial charge in [0.15, 0.2) is 11.5 Å². The molecule has 2 amide bonds. The highest BCUT2D eigenvalue weighted by atomic mass is 19.1. The summed E-state index contributed by atoms with van der Waals surface area (Å²) < 4.78 is 24.0. The summed E-state index contributed by atoms with van der Waals surface area (Å²) in [6.45, 7) is 4.10. The van der Waals surface area contributed by atoms with Crippen LogP contribution in [0, 0.1) is 5.82 Å². The summed E-state index contributed by atoms with van der Waals surface area (Å²) in [5.74, 6) is 0.698. The molecule has 2 saturated heterocycles. The first-order valence-corrected chi connectivity index (χ1v) is 10.1. The van der Waals surface area contributed by atoms with Crippen LogP contribution in [0.3, 0.4) is 0 Å².